The average Bonchev–Trinajstić information content (AvgIpc) is 3.43. The largest absolute Gasteiger partial charge is 0.497 e. The molecule has 1 atom stereocenters. The van der Waals surface area contributed by atoms with Gasteiger partial charge >= 0.3 is 0 Å². The molecule has 0 bridgehead atoms. The van der Waals surface area contributed by atoms with Crippen molar-refractivity contribution >= 4 is 32.3 Å². The highest BCUT2D eigenvalue weighted by Crippen LogP contribution is 2.33. The molecule has 1 aliphatic heterocycles. The van der Waals surface area contributed by atoms with E-state index in [-0.39, 0.29) is 17.5 Å². The second kappa shape index (κ2) is 10.2. The predicted octanol–water partition coefficient (Wildman–Crippen LogP) is 4.81. The molecule has 1 aliphatic rings. The van der Waals surface area contributed by atoms with Crippen molar-refractivity contribution in [3.8, 4) is 17.0 Å². The van der Waals surface area contributed by atoms with E-state index in [0.717, 1.165) is 35.1 Å². The van der Waals surface area contributed by atoms with Gasteiger partial charge in [0.15, 0.2) is 5.82 Å². The van der Waals surface area contributed by atoms with Crippen molar-refractivity contribution in [2.24, 2.45) is 0 Å². The molecule has 36 heavy (non-hydrogen) atoms. The van der Waals surface area contributed by atoms with Crippen LogP contribution in [0.5, 0.6) is 5.75 Å². The van der Waals surface area contributed by atoms with Crippen molar-refractivity contribution in [3.05, 3.63) is 72.3 Å². The Balaban J connectivity index is 1.48. The molecular weight excluding hydrogens is 476 g/mol. The number of aryl methyl sites for hydroxylation is 1. The van der Waals surface area contributed by atoms with Crippen molar-refractivity contribution in [1.29, 1.82) is 0 Å². The number of ether oxygens (including phenoxy) is 2. The van der Waals surface area contributed by atoms with Gasteiger partial charge in [0.2, 0.25) is 10.0 Å². The van der Waals surface area contributed by atoms with Gasteiger partial charge in [-0.15, -0.1) is 10.2 Å². The number of hydrogen-bond acceptors (Lipinski definition) is 7. The first kappa shape index (κ1) is 24.2. The van der Waals surface area contributed by atoms with Gasteiger partial charge in [-0.25, -0.2) is 13.1 Å². The number of sulfonamides is 1. The summed E-state index contributed by atoms with van der Waals surface area (Å²) in [4.78, 5) is 0.226. The Labute approximate surface area is 210 Å². The van der Waals surface area contributed by atoms with Crippen molar-refractivity contribution in [1.82, 2.24) is 14.9 Å². The highest BCUT2D eigenvalue weighted by molar-refractivity contribution is 7.89. The summed E-state index contributed by atoms with van der Waals surface area (Å²) in [6.45, 7) is 2.73. The third kappa shape index (κ3) is 5.04. The lowest BCUT2D eigenvalue weighted by molar-refractivity contribution is 0.114. The predicted molar refractivity (Wildman–Crippen MR) is 140 cm³/mol. The standard InChI is InChI=1S/C27H28N4O4S/c1-18-9-10-19(16-25(18)36(32,33)28-17-22-6-5-15-35-22)26-23-7-3-4-8-24(23)27(31-30-26)29-20-11-13-21(34-2)14-12-20/h3-4,7-14,16,22,28H,5-6,15,17H2,1-2H3,(H,29,31)/t22-/m0/s1. The fourth-order valence-corrected chi connectivity index (χ4v) is 5.68. The van der Waals surface area contributed by atoms with Gasteiger partial charge in [0.05, 0.1) is 18.1 Å². The monoisotopic (exact) mass is 504 g/mol. The summed E-state index contributed by atoms with van der Waals surface area (Å²) in [5.74, 6) is 1.37. The summed E-state index contributed by atoms with van der Waals surface area (Å²) in [5.41, 5.74) is 2.80. The Morgan fingerprint density at radius 1 is 1.03 bits per heavy atom. The fraction of sp³-hybridized carbons (Fsp3) is 0.259. The van der Waals surface area contributed by atoms with Crippen LogP contribution in [0.4, 0.5) is 11.5 Å². The maximum Gasteiger partial charge on any atom is 0.240 e. The molecule has 0 radical (unpaired) electrons. The van der Waals surface area contributed by atoms with Crippen LogP contribution < -0.4 is 14.8 Å². The quantitative estimate of drug-likeness (QED) is 0.355. The SMILES string of the molecule is COc1ccc(Nc2nnc(-c3ccc(C)c(S(=O)(=O)NC[C@@H]4CCCO4)c3)c3ccccc23)cc1. The Kier molecular flexibility index (Phi) is 6.86. The lowest BCUT2D eigenvalue weighted by Gasteiger charge is -2.15. The number of aromatic nitrogens is 2. The molecule has 0 aliphatic carbocycles. The summed E-state index contributed by atoms with van der Waals surface area (Å²) in [7, 11) is -2.09. The molecule has 9 heteroatoms. The summed E-state index contributed by atoms with van der Waals surface area (Å²) >= 11 is 0. The van der Waals surface area contributed by atoms with E-state index < -0.39 is 10.0 Å². The lowest BCUT2D eigenvalue weighted by Crippen LogP contribution is -2.32. The first-order valence-corrected chi connectivity index (χ1v) is 13.3. The van der Waals surface area contributed by atoms with E-state index >= 15 is 0 Å². The van der Waals surface area contributed by atoms with Gasteiger partial charge in [-0.1, -0.05) is 36.4 Å². The minimum Gasteiger partial charge on any atom is -0.497 e. The third-order valence-electron chi connectivity index (χ3n) is 6.32. The van der Waals surface area contributed by atoms with Crippen LogP contribution in [0.15, 0.2) is 71.6 Å². The molecule has 186 valence electrons. The Bertz CT molecular complexity index is 1480. The van der Waals surface area contributed by atoms with Crippen LogP contribution in [0.25, 0.3) is 22.0 Å². The first-order valence-electron chi connectivity index (χ1n) is 11.8. The average molecular weight is 505 g/mol. The van der Waals surface area contributed by atoms with Crippen LogP contribution in [0, 0.1) is 6.92 Å². The van der Waals surface area contributed by atoms with E-state index in [0.29, 0.717) is 29.2 Å². The van der Waals surface area contributed by atoms with Crippen molar-refractivity contribution in [2.75, 3.05) is 25.6 Å². The molecule has 2 N–H and O–H groups in total. The number of nitrogens with zero attached hydrogens (tertiary/aromatic N) is 2. The number of rotatable bonds is 8. The van der Waals surface area contributed by atoms with E-state index in [1.165, 1.54) is 0 Å². The van der Waals surface area contributed by atoms with Crippen molar-refractivity contribution in [3.63, 3.8) is 0 Å². The van der Waals surface area contributed by atoms with Crippen LogP contribution in [-0.2, 0) is 14.8 Å². The first-order chi connectivity index (χ1) is 17.4. The van der Waals surface area contributed by atoms with E-state index in [1.807, 2.05) is 54.6 Å². The van der Waals surface area contributed by atoms with Crippen molar-refractivity contribution < 1.29 is 17.9 Å². The molecule has 1 saturated heterocycles. The zero-order valence-electron chi connectivity index (χ0n) is 20.2. The smallest absolute Gasteiger partial charge is 0.240 e. The van der Waals surface area contributed by atoms with Crippen molar-refractivity contribution in [2.45, 2.75) is 30.8 Å². The molecule has 5 rings (SSSR count). The molecule has 4 aromatic rings. The van der Waals surface area contributed by atoms with Gasteiger partial charge in [0, 0.05) is 35.2 Å². The highest BCUT2D eigenvalue weighted by Gasteiger charge is 2.23. The number of fused-ring (bicyclic) bond motifs is 1. The van der Waals surface area contributed by atoms with Gasteiger partial charge in [-0.2, -0.15) is 0 Å². The molecule has 2 heterocycles. The molecular formula is C27H28N4O4S. The van der Waals surface area contributed by atoms with Crippen LogP contribution in [0.1, 0.15) is 18.4 Å². The van der Waals surface area contributed by atoms with Gasteiger partial charge in [0.25, 0.3) is 0 Å². The van der Waals surface area contributed by atoms with E-state index in [1.54, 1.807) is 26.2 Å². The van der Waals surface area contributed by atoms with E-state index in [2.05, 4.69) is 20.2 Å². The maximum absolute atomic E-state index is 13.1. The second-order valence-electron chi connectivity index (χ2n) is 8.76. The summed E-state index contributed by atoms with van der Waals surface area (Å²) in [5, 5.41) is 14.0. The van der Waals surface area contributed by atoms with Crippen LogP contribution >= 0.6 is 0 Å². The minimum absolute atomic E-state index is 0.0798. The molecule has 1 aromatic heterocycles. The van der Waals surface area contributed by atoms with E-state index in [4.69, 9.17) is 9.47 Å². The minimum atomic E-state index is -3.72. The zero-order valence-corrected chi connectivity index (χ0v) is 21.0. The number of hydrogen-bond donors (Lipinski definition) is 2. The number of nitrogens with one attached hydrogen (secondary N) is 2. The molecule has 3 aromatic carbocycles. The molecule has 1 fully saturated rings. The number of anilines is 2. The van der Waals surface area contributed by atoms with Crippen LogP contribution in [0.2, 0.25) is 0 Å². The van der Waals surface area contributed by atoms with Gasteiger partial charge < -0.3 is 14.8 Å². The second-order valence-corrected chi connectivity index (χ2v) is 10.5. The topological polar surface area (TPSA) is 102 Å². The summed E-state index contributed by atoms with van der Waals surface area (Å²) in [6, 6.07) is 20.7. The third-order valence-corrected chi connectivity index (χ3v) is 7.88. The van der Waals surface area contributed by atoms with Crippen LogP contribution in [-0.4, -0.2) is 45.0 Å². The summed E-state index contributed by atoms with van der Waals surface area (Å²) < 4.78 is 39.8. The van der Waals surface area contributed by atoms with Gasteiger partial charge in [0.1, 0.15) is 11.4 Å². The molecule has 0 spiro atoms. The zero-order chi connectivity index (χ0) is 25.1. The Hall–Kier alpha value is -3.53. The van der Waals surface area contributed by atoms with Gasteiger partial charge in [-0.3, -0.25) is 0 Å². The normalized spacial score (nSPS) is 15.8. The Morgan fingerprint density at radius 3 is 2.53 bits per heavy atom. The molecule has 0 amide bonds. The lowest BCUT2D eigenvalue weighted by atomic mass is 10.0. The molecule has 0 unspecified atom stereocenters. The van der Waals surface area contributed by atoms with Gasteiger partial charge in [-0.05, 0) is 55.7 Å². The summed E-state index contributed by atoms with van der Waals surface area (Å²) in [6.07, 6.45) is 1.74. The fourth-order valence-electron chi connectivity index (χ4n) is 4.34. The Morgan fingerprint density at radius 2 is 1.81 bits per heavy atom. The number of benzene rings is 3. The highest BCUT2D eigenvalue weighted by atomic mass is 32.2. The van der Waals surface area contributed by atoms with Crippen LogP contribution in [0.3, 0.4) is 0 Å². The number of methoxy groups -OCH3 is 1. The molecule has 0 saturated carbocycles. The maximum atomic E-state index is 13.1. The van der Waals surface area contributed by atoms with E-state index in [9.17, 15) is 8.42 Å². The molecule has 8 nitrogen and oxygen atoms in total.